The number of non-ortho nitro benzene ring substituents is 1. The molecule has 3 heterocycles. The second-order valence-electron chi connectivity index (χ2n) is 5.42. The fraction of sp³-hybridized carbons (Fsp3) is 0.538. The van der Waals surface area contributed by atoms with Crippen molar-refractivity contribution in [2.75, 3.05) is 31.2 Å². The van der Waals surface area contributed by atoms with Crippen molar-refractivity contribution < 1.29 is 19.0 Å². The average molecular weight is 306 g/mol. The maximum absolute atomic E-state index is 11.0. The molecular weight excluding hydrogens is 292 g/mol. The summed E-state index contributed by atoms with van der Waals surface area (Å²) in [4.78, 5) is 12.6. The van der Waals surface area contributed by atoms with Gasteiger partial charge in [-0.3, -0.25) is 10.1 Å². The van der Waals surface area contributed by atoms with Gasteiger partial charge in [0.25, 0.3) is 0 Å². The van der Waals surface area contributed by atoms with Crippen LogP contribution < -0.4 is 4.90 Å². The van der Waals surface area contributed by atoms with Gasteiger partial charge in [-0.25, -0.2) is 4.63 Å². The standard InChI is InChI=1S/C13H14N4O5/c18-17(19)10-2-1-9(11-12(10)15-22-14-11)16-5-3-13(4-6-16)20-7-8-21-13/h1-2H,3-8H2. The fourth-order valence-corrected chi connectivity index (χ4v) is 3.12. The molecule has 2 aromatic rings. The van der Waals surface area contributed by atoms with Crippen LogP contribution >= 0.6 is 0 Å². The normalized spacial score (nSPS) is 20.8. The van der Waals surface area contributed by atoms with E-state index in [4.69, 9.17) is 14.1 Å². The minimum absolute atomic E-state index is 0.101. The number of rotatable bonds is 2. The Kier molecular flexibility index (Phi) is 2.98. The first-order chi connectivity index (χ1) is 10.7. The largest absolute Gasteiger partial charge is 0.369 e. The Balaban J connectivity index is 1.64. The first kappa shape index (κ1) is 13.4. The van der Waals surface area contributed by atoms with Crippen LogP contribution in [0.15, 0.2) is 16.8 Å². The summed E-state index contributed by atoms with van der Waals surface area (Å²) >= 11 is 0. The molecule has 2 aliphatic heterocycles. The highest BCUT2D eigenvalue weighted by Gasteiger charge is 2.40. The quantitative estimate of drug-likeness (QED) is 0.607. The Labute approximate surface area is 124 Å². The third kappa shape index (κ3) is 2.01. The molecule has 116 valence electrons. The zero-order valence-corrected chi connectivity index (χ0v) is 11.7. The van der Waals surface area contributed by atoms with E-state index in [9.17, 15) is 10.1 Å². The number of nitrogens with zero attached hydrogens (tertiary/aromatic N) is 4. The van der Waals surface area contributed by atoms with Gasteiger partial charge in [-0.15, -0.1) is 0 Å². The minimum Gasteiger partial charge on any atom is -0.369 e. The van der Waals surface area contributed by atoms with Crippen molar-refractivity contribution >= 4 is 22.4 Å². The van der Waals surface area contributed by atoms with Gasteiger partial charge in [-0.05, 0) is 16.4 Å². The lowest BCUT2D eigenvalue weighted by molar-refractivity contribution is -0.383. The molecule has 1 aromatic heterocycles. The Morgan fingerprint density at radius 3 is 2.50 bits per heavy atom. The van der Waals surface area contributed by atoms with Gasteiger partial charge in [0.05, 0.1) is 23.8 Å². The first-order valence-corrected chi connectivity index (χ1v) is 7.11. The number of piperidine rings is 1. The van der Waals surface area contributed by atoms with E-state index in [0.717, 1.165) is 31.6 Å². The van der Waals surface area contributed by atoms with Crippen LogP contribution in [-0.4, -0.2) is 47.3 Å². The zero-order chi connectivity index (χ0) is 15.2. The Hall–Kier alpha value is -2.26. The van der Waals surface area contributed by atoms with Crippen molar-refractivity contribution in [3.63, 3.8) is 0 Å². The number of nitro benzene ring substituents is 1. The number of nitro groups is 1. The minimum atomic E-state index is -0.484. The van der Waals surface area contributed by atoms with Crippen LogP contribution in [0.5, 0.6) is 0 Å². The van der Waals surface area contributed by atoms with Crippen LogP contribution in [0.1, 0.15) is 12.8 Å². The molecule has 22 heavy (non-hydrogen) atoms. The SMILES string of the molecule is O=[N+]([O-])c1ccc(N2CCC3(CC2)OCCO3)c2nonc12. The lowest BCUT2D eigenvalue weighted by atomic mass is 10.0. The molecule has 0 radical (unpaired) electrons. The van der Waals surface area contributed by atoms with E-state index >= 15 is 0 Å². The molecule has 0 unspecified atom stereocenters. The predicted octanol–water partition coefficient (Wildman–Crippen LogP) is 1.47. The Morgan fingerprint density at radius 1 is 1.14 bits per heavy atom. The summed E-state index contributed by atoms with van der Waals surface area (Å²) in [5, 5.41) is 18.5. The van der Waals surface area contributed by atoms with Gasteiger partial charge in [0.15, 0.2) is 11.3 Å². The van der Waals surface area contributed by atoms with Gasteiger partial charge in [0, 0.05) is 32.0 Å². The van der Waals surface area contributed by atoms with E-state index in [1.54, 1.807) is 6.07 Å². The average Bonchev–Trinajstić information content (AvgIpc) is 3.17. The van der Waals surface area contributed by atoms with E-state index in [1.165, 1.54) is 6.07 Å². The molecule has 0 saturated carbocycles. The summed E-state index contributed by atoms with van der Waals surface area (Å²) in [5.41, 5.74) is 1.28. The summed E-state index contributed by atoms with van der Waals surface area (Å²) in [6.45, 7) is 2.71. The highest BCUT2D eigenvalue weighted by molar-refractivity contribution is 5.93. The van der Waals surface area contributed by atoms with Crippen LogP contribution in [-0.2, 0) is 9.47 Å². The number of aromatic nitrogens is 2. The second kappa shape index (κ2) is 4.89. The number of benzene rings is 1. The molecule has 1 spiro atoms. The highest BCUT2D eigenvalue weighted by atomic mass is 16.7. The molecule has 2 aliphatic rings. The summed E-state index contributed by atoms with van der Waals surface area (Å²) < 4.78 is 16.1. The molecule has 0 atom stereocenters. The van der Waals surface area contributed by atoms with E-state index in [1.807, 2.05) is 0 Å². The second-order valence-corrected chi connectivity index (χ2v) is 5.42. The van der Waals surface area contributed by atoms with Gasteiger partial charge >= 0.3 is 5.69 Å². The van der Waals surface area contributed by atoms with Gasteiger partial charge < -0.3 is 14.4 Å². The van der Waals surface area contributed by atoms with Gasteiger partial charge in [-0.2, -0.15) is 0 Å². The monoisotopic (exact) mass is 306 g/mol. The maximum atomic E-state index is 11.0. The molecule has 9 nitrogen and oxygen atoms in total. The summed E-state index contributed by atoms with van der Waals surface area (Å²) in [5.74, 6) is -0.460. The summed E-state index contributed by atoms with van der Waals surface area (Å²) in [7, 11) is 0. The van der Waals surface area contributed by atoms with Gasteiger partial charge in [0.1, 0.15) is 0 Å². The van der Waals surface area contributed by atoms with Crippen molar-refractivity contribution in [3.05, 3.63) is 22.2 Å². The molecule has 0 bridgehead atoms. The fourth-order valence-electron chi connectivity index (χ4n) is 3.12. The van der Waals surface area contributed by atoms with E-state index in [2.05, 4.69) is 15.2 Å². The third-order valence-electron chi connectivity index (χ3n) is 4.25. The summed E-state index contributed by atoms with van der Waals surface area (Å²) in [6.07, 6.45) is 1.49. The van der Waals surface area contributed by atoms with E-state index in [-0.39, 0.29) is 11.2 Å². The molecule has 9 heteroatoms. The molecule has 0 aliphatic carbocycles. The highest BCUT2D eigenvalue weighted by Crippen LogP contribution is 2.36. The lowest BCUT2D eigenvalue weighted by Gasteiger charge is -2.38. The molecule has 0 amide bonds. The Morgan fingerprint density at radius 2 is 1.82 bits per heavy atom. The molecule has 1 aromatic carbocycles. The van der Waals surface area contributed by atoms with Gasteiger partial charge in [-0.1, -0.05) is 0 Å². The summed E-state index contributed by atoms with van der Waals surface area (Å²) in [6, 6.07) is 3.13. The van der Waals surface area contributed by atoms with Crippen LogP contribution in [0.3, 0.4) is 0 Å². The van der Waals surface area contributed by atoms with Crippen molar-refractivity contribution in [1.82, 2.24) is 10.3 Å². The Bertz CT molecular complexity index is 714. The smallest absolute Gasteiger partial charge is 0.300 e. The topological polar surface area (TPSA) is 104 Å². The van der Waals surface area contributed by atoms with Crippen LogP contribution in [0, 0.1) is 10.1 Å². The van der Waals surface area contributed by atoms with Crippen LogP contribution in [0.2, 0.25) is 0 Å². The lowest BCUT2D eigenvalue weighted by Crippen LogP contribution is -2.45. The van der Waals surface area contributed by atoms with Crippen molar-refractivity contribution in [3.8, 4) is 0 Å². The van der Waals surface area contributed by atoms with Gasteiger partial charge in [0.2, 0.25) is 5.52 Å². The van der Waals surface area contributed by atoms with E-state index < -0.39 is 10.7 Å². The molecular formula is C13H14N4O5. The number of hydrogen-bond acceptors (Lipinski definition) is 8. The number of anilines is 1. The zero-order valence-electron chi connectivity index (χ0n) is 11.7. The molecule has 2 saturated heterocycles. The van der Waals surface area contributed by atoms with E-state index in [0.29, 0.717) is 18.7 Å². The first-order valence-electron chi connectivity index (χ1n) is 7.11. The maximum Gasteiger partial charge on any atom is 0.300 e. The number of hydrogen-bond donors (Lipinski definition) is 0. The third-order valence-corrected chi connectivity index (χ3v) is 4.25. The predicted molar refractivity (Wildman–Crippen MR) is 74.5 cm³/mol. The number of fused-ring (bicyclic) bond motifs is 1. The molecule has 4 rings (SSSR count). The van der Waals surface area contributed by atoms with Crippen LogP contribution in [0.4, 0.5) is 11.4 Å². The van der Waals surface area contributed by atoms with Crippen LogP contribution in [0.25, 0.3) is 11.0 Å². The number of ether oxygens (including phenoxy) is 2. The van der Waals surface area contributed by atoms with Crippen molar-refractivity contribution in [2.24, 2.45) is 0 Å². The van der Waals surface area contributed by atoms with Crippen molar-refractivity contribution in [2.45, 2.75) is 18.6 Å². The molecule has 0 N–H and O–H groups in total. The van der Waals surface area contributed by atoms with Crippen molar-refractivity contribution in [1.29, 1.82) is 0 Å². The molecule has 2 fully saturated rings.